The van der Waals surface area contributed by atoms with E-state index in [0.29, 0.717) is 20.9 Å². The third kappa shape index (κ3) is 5.94. The zero-order chi connectivity index (χ0) is 32.8. The number of ether oxygens (including phenoxy) is 1. The van der Waals surface area contributed by atoms with Gasteiger partial charge >= 0.3 is 12.5 Å². The highest BCUT2D eigenvalue weighted by molar-refractivity contribution is 7.91. The zero-order valence-electron chi connectivity index (χ0n) is 23.9. The fraction of sp³-hybridized carbons (Fsp3) is 0.267. The van der Waals surface area contributed by atoms with Crippen LogP contribution in [0.4, 0.5) is 17.6 Å². The Kier molecular flexibility index (Phi) is 8.50. The maximum absolute atomic E-state index is 17.0. The molecule has 0 amide bonds. The molecule has 9 nitrogen and oxygen atoms in total. The zero-order valence-corrected chi connectivity index (χ0v) is 26.3. The van der Waals surface area contributed by atoms with Crippen molar-refractivity contribution in [1.29, 1.82) is 0 Å². The number of alkyl halides is 3. The maximum atomic E-state index is 17.0. The molecule has 4 aromatic rings. The second-order valence-electron chi connectivity index (χ2n) is 10.6. The Morgan fingerprint density at radius 3 is 2.67 bits per heavy atom. The molecule has 16 heteroatoms. The van der Waals surface area contributed by atoms with E-state index in [4.69, 9.17) is 21.3 Å². The lowest BCUT2D eigenvalue weighted by molar-refractivity contribution is 0.0563. The number of hydrogen-bond donors (Lipinski definition) is 0. The minimum atomic E-state index is -4.16. The number of carbonyl (C=O) groups excluding carboxylic acids is 1. The third-order valence-corrected chi connectivity index (χ3v) is 10.6. The lowest BCUT2D eigenvalue weighted by Crippen LogP contribution is -2.36. The van der Waals surface area contributed by atoms with Crippen LogP contribution < -0.4 is 0 Å². The molecule has 0 spiro atoms. The summed E-state index contributed by atoms with van der Waals surface area (Å²) in [5.41, 5.74) is -1.36. The Hall–Kier alpha value is -4.08. The minimum Gasteiger partial charge on any atom is -0.465 e. The van der Waals surface area contributed by atoms with Gasteiger partial charge in [0.1, 0.15) is 17.5 Å². The van der Waals surface area contributed by atoms with Crippen LogP contribution in [0.3, 0.4) is 0 Å². The van der Waals surface area contributed by atoms with Crippen molar-refractivity contribution in [2.75, 3.05) is 19.4 Å². The van der Waals surface area contributed by atoms with Crippen LogP contribution >= 0.6 is 22.9 Å². The molecule has 0 saturated carbocycles. The molecule has 0 radical (unpaired) electrons. The molecule has 0 unspecified atom stereocenters. The summed E-state index contributed by atoms with van der Waals surface area (Å²) in [6, 6.07) is 9.52. The molecule has 2 aromatic heterocycles. The Morgan fingerprint density at radius 1 is 1.22 bits per heavy atom. The van der Waals surface area contributed by atoms with Crippen molar-refractivity contribution in [2.45, 2.75) is 36.0 Å². The highest BCUT2D eigenvalue weighted by atomic mass is 35.5. The molecule has 0 N–H and O–H groups in total. The van der Waals surface area contributed by atoms with E-state index in [9.17, 15) is 26.4 Å². The molecule has 46 heavy (non-hydrogen) atoms. The molecule has 0 aliphatic carbocycles. The monoisotopic (exact) mass is 693 g/mol. The van der Waals surface area contributed by atoms with Crippen LogP contribution in [-0.2, 0) is 14.6 Å². The van der Waals surface area contributed by atoms with Crippen molar-refractivity contribution in [3.8, 4) is 0 Å². The van der Waals surface area contributed by atoms with E-state index in [-0.39, 0.29) is 45.5 Å². The molecule has 1 saturated heterocycles. The summed E-state index contributed by atoms with van der Waals surface area (Å²) in [6.07, 6.45) is 1.80. The van der Waals surface area contributed by atoms with E-state index in [2.05, 4.69) is 10.1 Å². The largest absolute Gasteiger partial charge is 0.465 e. The number of sulfone groups is 1. The first-order valence-corrected chi connectivity index (χ1v) is 16.7. The number of halogens is 5. The number of aliphatic imine (C=N–C) groups is 1. The van der Waals surface area contributed by atoms with Gasteiger partial charge in [0.05, 0.1) is 35.6 Å². The number of benzene rings is 2. The summed E-state index contributed by atoms with van der Waals surface area (Å²) in [5.74, 6) is -1.85. The number of methoxy groups -OCH3 is 1. The van der Waals surface area contributed by atoms with Gasteiger partial charge in [0.25, 0.3) is 0 Å². The average Bonchev–Trinajstić information content (AvgIpc) is 3.80. The van der Waals surface area contributed by atoms with Crippen LogP contribution in [0.15, 0.2) is 81.9 Å². The Morgan fingerprint density at radius 2 is 2.00 bits per heavy atom. The van der Waals surface area contributed by atoms with E-state index in [1.54, 1.807) is 10.3 Å². The van der Waals surface area contributed by atoms with E-state index in [1.165, 1.54) is 60.0 Å². The van der Waals surface area contributed by atoms with Crippen LogP contribution in [0.1, 0.15) is 52.1 Å². The highest BCUT2D eigenvalue weighted by Crippen LogP contribution is 2.49. The van der Waals surface area contributed by atoms with Crippen molar-refractivity contribution < 1.29 is 35.5 Å². The summed E-state index contributed by atoms with van der Waals surface area (Å²) >= 11 is 7.70. The molecule has 6 rings (SSSR count). The van der Waals surface area contributed by atoms with Crippen LogP contribution in [0.25, 0.3) is 5.57 Å². The van der Waals surface area contributed by atoms with Gasteiger partial charge in [-0.3, -0.25) is 4.99 Å². The Bertz CT molecular complexity index is 1980. The first-order chi connectivity index (χ1) is 21.9. The summed E-state index contributed by atoms with van der Waals surface area (Å²) in [6.45, 7) is -3.29. The van der Waals surface area contributed by atoms with E-state index in [1.807, 2.05) is 0 Å². The summed E-state index contributed by atoms with van der Waals surface area (Å²) in [7, 11) is -3.04. The van der Waals surface area contributed by atoms with Gasteiger partial charge < -0.3 is 9.64 Å². The number of allylic oxidation sites excluding steroid dienone is 1. The number of rotatable bonds is 9. The van der Waals surface area contributed by atoms with Gasteiger partial charge in [-0.15, -0.1) is 11.3 Å². The lowest BCUT2D eigenvalue weighted by Gasteiger charge is -2.32. The van der Waals surface area contributed by atoms with Gasteiger partial charge in [-0.25, -0.2) is 31.7 Å². The predicted octanol–water partition coefficient (Wildman–Crippen LogP) is 6.50. The number of fused-ring (bicyclic) bond motifs is 1. The van der Waals surface area contributed by atoms with Crippen molar-refractivity contribution in [2.24, 2.45) is 4.99 Å². The number of aromatic nitrogens is 3. The first kappa shape index (κ1) is 31.9. The maximum Gasteiger partial charge on any atom is 0.339 e. The minimum absolute atomic E-state index is 0.00644. The van der Waals surface area contributed by atoms with Gasteiger partial charge in [-0.2, -0.15) is 13.9 Å². The smallest absolute Gasteiger partial charge is 0.339 e. The van der Waals surface area contributed by atoms with Gasteiger partial charge in [0.2, 0.25) is 0 Å². The third-order valence-electron chi connectivity index (χ3n) is 7.75. The number of esters is 1. The van der Waals surface area contributed by atoms with Crippen molar-refractivity contribution in [1.82, 2.24) is 19.7 Å². The van der Waals surface area contributed by atoms with E-state index >= 15 is 4.39 Å². The Balaban J connectivity index is 1.44. The standard InChI is InChI=1S/C30H24ClF4N5O4S2/c1-44-28(41)19-4-2-3-5-23(19)46(42,43)13-9-30(35)15-22-24(21-8-11-40(38-21)29(33)34)25(18-7-6-17(32)14-20(18)31)37-26(39(22)16-30)27-36-10-12-45-27/h2-8,10-12,14,25,29H,9,13,15-16H2,1H3/t25-,30-/m0/s1. The van der Waals surface area contributed by atoms with Gasteiger partial charge in [-0.05, 0) is 36.8 Å². The molecule has 0 bridgehead atoms. The fourth-order valence-corrected chi connectivity index (χ4v) is 8.17. The van der Waals surface area contributed by atoms with Crippen LogP contribution in [0, 0.1) is 5.82 Å². The number of nitrogens with zero attached hydrogens (tertiary/aromatic N) is 5. The van der Waals surface area contributed by atoms with Crippen molar-refractivity contribution in [3.05, 3.63) is 105 Å². The molecular weight excluding hydrogens is 670 g/mol. The Labute approximate surface area is 269 Å². The summed E-state index contributed by atoms with van der Waals surface area (Å²) in [5, 5.41) is 6.16. The van der Waals surface area contributed by atoms with Gasteiger partial charge in [0.15, 0.2) is 20.7 Å². The van der Waals surface area contributed by atoms with Gasteiger partial charge in [0, 0.05) is 46.1 Å². The quantitative estimate of drug-likeness (QED) is 0.145. The molecule has 2 aromatic carbocycles. The van der Waals surface area contributed by atoms with Crippen LogP contribution in [-0.4, -0.2) is 65.0 Å². The summed E-state index contributed by atoms with van der Waals surface area (Å²) in [4.78, 5) is 22.7. The molecule has 2 atom stereocenters. The number of thiazole rings is 1. The molecule has 240 valence electrons. The fourth-order valence-electron chi connectivity index (χ4n) is 5.63. The summed E-state index contributed by atoms with van der Waals surface area (Å²) < 4.78 is 90.2. The van der Waals surface area contributed by atoms with E-state index < -0.39 is 52.1 Å². The highest BCUT2D eigenvalue weighted by Gasteiger charge is 2.49. The lowest BCUT2D eigenvalue weighted by atomic mass is 9.91. The number of carbonyl (C=O) groups is 1. The normalized spacial score (nSPS) is 19.8. The van der Waals surface area contributed by atoms with Gasteiger partial charge in [-0.1, -0.05) is 29.8 Å². The molecule has 2 aliphatic rings. The van der Waals surface area contributed by atoms with Crippen molar-refractivity contribution >= 4 is 50.2 Å². The molecule has 1 fully saturated rings. The second kappa shape index (κ2) is 12.3. The first-order valence-electron chi connectivity index (χ1n) is 13.8. The molecule has 4 heterocycles. The van der Waals surface area contributed by atoms with Crippen LogP contribution in [0.5, 0.6) is 0 Å². The molecule has 2 aliphatic heterocycles. The average molecular weight is 694 g/mol. The topological polar surface area (TPSA) is 107 Å². The van der Waals surface area contributed by atoms with E-state index in [0.717, 1.165) is 19.4 Å². The molecular formula is C30H24ClF4N5O4S2. The van der Waals surface area contributed by atoms with Crippen LogP contribution in [0.2, 0.25) is 5.02 Å². The van der Waals surface area contributed by atoms with Crippen molar-refractivity contribution in [3.63, 3.8) is 0 Å². The number of hydrogen-bond acceptors (Lipinski definition) is 9. The predicted molar refractivity (Wildman–Crippen MR) is 163 cm³/mol. The SMILES string of the molecule is COC(=O)c1ccccc1S(=O)(=O)CC[C@]1(F)CC2=C(c3ccn(C(F)F)n3)[C@H](c3ccc(F)cc3Cl)N=C(c3nccs3)N2C1. The number of amidine groups is 1. The second-order valence-corrected chi connectivity index (χ2v) is 14.0.